The monoisotopic (exact) mass is 389 g/mol. The van der Waals surface area contributed by atoms with Crippen LogP contribution in [0.4, 0.5) is 5.69 Å². The van der Waals surface area contributed by atoms with Gasteiger partial charge in [0.05, 0.1) is 4.92 Å². The number of carbonyl (C=O) groups excluding carboxylic acids is 1. The molecule has 1 aromatic carbocycles. The first-order valence-electron chi connectivity index (χ1n) is 9.54. The van der Waals surface area contributed by atoms with E-state index in [2.05, 4.69) is 15.5 Å². The molecule has 9 nitrogen and oxygen atoms in total. The lowest BCUT2D eigenvalue weighted by atomic mass is 9.98. The van der Waals surface area contributed by atoms with Crippen molar-refractivity contribution in [1.29, 1.82) is 0 Å². The van der Waals surface area contributed by atoms with Crippen LogP contribution < -0.4 is 11.1 Å². The third-order valence-electron chi connectivity index (χ3n) is 4.66. The second kappa shape index (κ2) is 10.5. The molecular weight excluding hydrogens is 362 g/mol. The van der Waals surface area contributed by atoms with Crippen LogP contribution in [0.25, 0.3) is 11.4 Å². The molecule has 2 unspecified atom stereocenters. The molecule has 2 aromatic rings. The Balaban J connectivity index is 2.14. The number of rotatable bonds is 11. The number of nitro groups is 1. The first kappa shape index (κ1) is 21.5. The summed E-state index contributed by atoms with van der Waals surface area (Å²) >= 11 is 0. The highest BCUT2D eigenvalue weighted by Crippen LogP contribution is 2.27. The van der Waals surface area contributed by atoms with E-state index in [0.29, 0.717) is 24.4 Å². The van der Waals surface area contributed by atoms with Crippen LogP contribution in [0.3, 0.4) is 0 Å². The van der Waals surface area contributed by atoms with Gasteiger partial charge in [0, 0.05) is 24.1 Å². The van der Waals surface area contributed by atoms with Crippen molar-refractivity contribution in [3.8, 4) is 11.4 Å². The average Bonchev–Trinajstić information content (AvgIpc) is 3.19. The van der Waals surface area contributed by atoms with Gasteiger partial charge in [-0.3, -0.25) is 14.9 Å². The first-order chi connectivity index (χ1) is 13.5. The van der Waals surface area contributed by atoms with Crippen LogP contribution in [0, 0.1) is 16.0 Å². The number of non-ortho nitro benzene ring substituents is 1. The minimum absolute atomic E-state index is 0.0480. The number of amides is 1. The van der Waals surface area contributed by atoms with Crippen LogP contribution in [-0.4, -0.2) is 27.5 Å². The summed E-state index contributed by atoms with van der Waals surface area (Å²) in [5.41, 5.74) is 5.91. The Morgan fingerprint density at radius 1 is 1.36 bits per heavy atom. The molecular formula is C19H27N5O4. The van der Waals surface area contributed by atoms with Crippen molar-refractivity contribution >= 4 is 11.6 Å². The van der Waals surface area contributed by atoms with Crippen molar-refractivity contribution in [2.75, 3.05) is 6.54 Å². The Morgan fingerprint density at radius 3 is 2.82 bits per heavy atom. The number of nitrogens with one attached hydrogen (secondary N) is 1. The molecule has 1 heterocycles. The van der Waals surface area contributed by atoms with Gasteiger partial charge in [-0.2, -0.15) is 4.98 Å². The van der Waals surface area contributed by atoms with Crippen LogP contribution in [0.15, 0.2) is 28.8 Å². The number of unbranched alkanes of at least 4 members (excludes halogenated alkanes) is 2. The molecule has 152 valence electrons. The summed E-state index contributed by atoms with van der Waals surface area (Å²) in [5.74, 6) is 0.569. The third-order valence-corrected chi connectivity index (χ3v) is 4.66. The quantitative estimate of drug-likeness (QED) is 0.341. The summed E-state index contributed by atoms with van der Waals surface area (Å²) in [6.07, 6.45) is 3.82. The SMILES string of the molecule is CCC(C)C(NC(=O)CCCCCN)c1nc(-c2cccc([N+](=O)[O-])c2)no1. The minimum Gasteiger partial charge on any atom is -0.344 e. The molecule has 0 radical (unpaired) electrons. The molecule has 0 bridgehead atoms. The second-order valence-electron chi connectivity index (χ2n) is 6.79. The normalized spacial score (nSPS) is 13.1. The zero-order valence-electron chi connectivity index (χ0n) is 16.3. The van der Waals surface area contributed by atoms with E-state index in [-0.39, 0.29) is 23.3 Å². The van der Waals surface area contributed by atoms with Crippen molar-refractivity contribution in [2.45, 2.75) is 52.0 Å². The van der Waals surface area contributed by atoms with E-state index in [1.807, 2.05) is 13.8 Å². The van der Waals surface area contributed by atoms with Crippen LogP contribution in [0.1, 0.15) is 57.9 Å². The van der Waals surface area contributed by atoms with Gasteiger partial charge in [0.15, 0.2) is 0 Å². The molecule has 3 N–H and O–H groups in total. The topological polar surface area (TPSA) is 137 Å². The minimum atomic E-state index is -0.475. The summed E-state index contributed by atoms with van der Waals surface area (Å²) in [6.45, 7) is 4.64. The van der Waals surface area contributed by atoms with Gasteiger partial charge in [0.25, 0.3) is 5.69 Å². The predicted octanol–water partition coefficient (Wildman–Crippen LogP) is 3.37. The highest BCUT2D eigenvalue weighted by molar-refractivity contribution is 5.76. The summed E-state index contributed by atoms with van der Waals surface area (Å²) in [4.78, 5) is 27.2. The number of benzene rings is 1. The first-order valence-corrected chi connectivity index (χ1v) is 9.54. The van der Waals surface area contributed by atoms with Gasteiger partial charge in [0.1, 0.15) is 6.04 Å². The van der Waals surface area contributed by atoms with Gasteiger partial charge in [-0.1, -0.05) is 44.0 Å². The van der Waals surface area contributed by atoms with Gasteiger partial charge in [0.2, 0.25) is 17.6 Å². The van der Waals surface area contributed by atoms with Crippen LogP contribution in [0.2, 0.25) is 0 Å². The molecule has 2 atom stereocenters. The lowest BCUT2D eigenvalue weighted by Crippen LogP contribution is -2.32. The lowest BCUT2D eigenvalue weighted by Gasteiger charge is -2.20. The Labute approximate surface area is 163 Å². The smallest absolute Gasteiger partial charge is 0.270 e. The Morgan fingerprint density at radius 2 is 2.14 bits per heavy atom. The van der Waals surface area contributed by atoms with Gasteiger partial charge in [-0.05, 0) is 25.3 Å². The highest BCUT2D eigenvalue weighted by Gasteiger charge is 2.26. The molecule has 0 aliphatic carbocycles. The zero-order chi connectivity index (χ0) is 20.5. The molecule has 1 aromatic heterocycles. The number of nitro benzene ring substituents is 1. The number of hydrogen-bond donors (Lipinski definition) is 2. The van der Waals surface area contributed by atoms with Gasteiger partial charge >= 0.3 is 0 Å². The van der Waals surface area contributed by atoms with Gasteiger partial charge in [-0.15, -0.1) is 0 Å². The Hall–Kier alpha value is -2.81. The molecule has 0 fully saturated rings. The van der Waals surface area contributed by atoms with E-state index < -0.39 is 11.0 Å². The fourth-order valence-electron chi connectivity index (χ4n) is 2.77. The highest BCUT2D eigenvalue weighted by atomic mass is 16.6. The summed E-state index contributed by atoms with van der Waals surface area (Å²) < 4.78 is 5.39. The Bertz CT molecular complexity index is 792. The molecule has 2 rings (SSSR count). The number of hydrogen-bond acceptors (Lipinski definition) is 7. The molecule has 9 heteroatoms. The van der Waals surface area contributed by atoms with Crippen LogP contribution in [-0.2, 0) is 4.79 Å². The molecule has 28 heavy (non-hydrogen) atoms. The molecule has 1 amide bonds. The van der Waals surface area contributed by atoms with Crippen molar-refractivity contribution < 1.29 is 14.2 Å². The largest absolute Gasteiger partial charge is 0.344 e. The third kappa shape index (κ3) is 5.85. The second-order valence-corrected chi connectivity index (χ2v) is 6.79. The zero-order valence-corrected chi connectivity index (χ0v) is 16.3. The van der Waals surface area contributed by atoms with E-state index in [0.717, 1.165) is 25.7 Å². The van der Waals surface area contributed by atoms with E-state index in [1.165, 1.54) is 12.1 Å². The molecule has 0 aliphatic rings. The number of nitrogens with zero attached hydrogens (tertiary/aromatic N) is 3. The summed E-state index contributed by atoms with van der Waals surface area (Å²) in [5, 5.41) is 17.9. The van der Waals surface area contributed by atoms with Gasteiger partial charge in [-0.25, -0.2) is 0 Å². The average molecular weight is 389 g/mol. The molecule has 0 spiro atoms. The van der Waals surface area contributed by atoms with Crippen molar-refractivity contribution in [2.24, 2.45) is 11.7 Å². The maximum absolute atomic E-state index is 12.3. The summed E-state index contributed by atoms with van der Waals surface area (Å²) in [7, 11) is 0. The molecule has 0 saturated heterocycles. The van der Waals surface area contributed by atoms with E-state index >= 15 is 0 Å². The number of aromatic nitrogens is 2. The predicted molar refractivity (Wildman–Crippen MR) is 104 cm³/mol. The van der Waals surface area contributed by atoms with Crippen LogP contribution >= 0.6 is 0 Å². The fraction of sp³-hybridized carbons (Fsp3) is 0.526. The van der Waals surface area contributed by atoms with Crippen molar-refractivity contribution in [3.63, 3.8) is 0 Å². The van der Waals surface area contributed by atoms with E-state index in [4.69, 9.17) is 10.3 Å². The molecule has 0 saturated carbocycles. The van der Waals surface area contributed by atoms with Gasteiger partial charge < -0.3 is 15.6 Å². The number of nitrogens with two attached hydrogens (primary N) is 1. The standard InChI is InChI=1S/C19H27N5O4/c1-3-13(2)17(21-16(25)10-5-4-6-11-20)19-22-18(23-28-19)14-8-7-9-15(12-14)24(26)27/h7-9,12-13,17H,3-6,10-11,20H2,1-2H3,(H,21,25). The van der Waals surface area contributed by atoms with Crippen molar-refractivity contribution in [1.82, 2.24) is 15.5 Å². The summed E-state index contributed by atoms with van der Waals surface area (Å²) in [6, 6.07) is 5.63. The lowest BCUT2D eigenvalue weighted by molar-refractivity contribution is -0.384. The fourth-order valence-corrected chi connectivity index (χ4v) is 2.77. The van der Waals surface area contributed by atoms with Crippen molar-refractivity contribution in [3.05, 3.63) is 40.3 Å². The van der Waals surface area contributed by atoms with Crippen LogP contribution in [0.5, 0.6) is 0 Å². The molecule has 0 aliphatic heterocycles. The van der Waals surface area contributed by atoms with E-state index in [9.17, 15) is 14.9 Å². The maximum Gasteiger partial charge on any atom is 0.270 e. The van der Waals surface area contributed by atoms with E-state index in [1.54, 1.807) is 12.1 Å². The number of carbonyl (C=O) groups is 1. The Kier molecular flexibility index (Phi) is 8.06. The maximum atomic E-state index is 12.3.